The van der Waals surface area contributed by atoms with Gasteiger partial charge in [0, 0.05) is 5.56 Å². The van der Waals surface area contributed by atoms with Crippen molar-refractivity contribution in [2.75, 3.05) is 6.61 Å². The first-order valence-corrected chi connectivity index (χ1v) is 7.78. The number of hydrogen-bond acceptors (Lipinski definition) is 5. The minimum absolute atomic E-state index is 0.225. The zero-order valence-electron chi connectivity index (χ0n) is 12.0. The summed E-state index contributed by atoms with van der Waals surface area (Å²) in [6, 6.07) is 7.40. The molecule has 0 saturated heterocycles. The molecule has 6 heteroatoms. The minimum Gasteiger partial charge on any atom is -0.492 e. The second-order valence-corrected chi connectivity index (χ2v) is 6.31. The van der Waals surface area contributed by atoms with Gasteiger partial charge >= 0.3 is 5.97 Å². The number of aromatic carboxylic acids is 1. The molecule has 1 heterocycles. The zero-order valence-corrected chi connectivity index (χ0v) is 12.8. The van der Waals surface area contributed by atoms with Crippen LogP contribution in [0.15, 0.2) is 18.2 Å². The van der Waals surface area contributed by atoms with Gasteiger partial charge in [-0.2, -0.15) is 5.26 Å². The maximum Gasteiger partial charge on any atom is 0.347 e. The predicted molar refractivity (Wildman–Crippen MR) is 82.2 cm³/mol. The quantitative estimate of drug-likeness (QED) is 0.913. The molecule has 1 aliphatic rings. The van der Waals surface area contributed by atoms with E-state index in [0.717, 1.165) is 16.9 Å². The van der Waals surface area contributed by atoms with E-state index in [-0.39, 0.29) is 4.88 Å². The molecular weight excluding hydrogens is 300 g/mol. The normalized spacial score (nSPS) is 13.6. The van der Waals surface area contributed by atoms with E-state index in [0.29, 0.717) is 34.5 Å². The summed E-state index contributed by atoms with van der Waals surface area (Å²) in [5.41, 5.74) is 1.67. The lowest BCUT2D eigenvalue weighted by molar-refractivity contribution is 0.0701. The topological polar surface area (TPSA) is 83.2 Å². The summed E-state index contributed by atoms with van der Waals surface area (Å²) >= 11 is 1.11. The molecular formula is C16H14N2O3S. The van der Waals surface area contributed by atoms with Crippen molar-refractivity contribution in [2.45, 2.75) is 19.8 Å². The Morgan fingerprint density at radius 1 is 1.55 bits per heavy atom. The molecule has 2 aromatic rings. The number of thiazole rings is 1. The molecule has 0 amide bonds. The Kier molecular flexibility index (Phi) is 3.82. The van der Waals surface area contributed by atoms with E-state index in [9.17, 15) is 10.1 Å². The van der Waals surface area contributed by atoms with Crippen LogP contribution in [-0.4, -0.2) is 22.7 Å². The number of ether oxygens (including phenoxy) is 1. The lowest BCUT2D eigenvalue weighted by Gasteiger charge is -2.08. The van der Waals surface area contributed by atoms with Crippen molar-refractivity contribution in [1.82, 2.24) is 4.98 Å². The number of carboxylic acid groups (broad SMARTS) is 1. The molecule has 0 aliphatic heterocycles. The second kappa shape index (κ2) is 5.78. The van der Waals surface area contributed by atoms with E-state index < -0.39 is 5.97 Å². The molecule has 0 radical (unpaired) electrons. The van der Waals surface area contributed by atoms with E-state index in [1.807, 2.05) is 6.07 Å². The van der Waals surface area contributed by atoms with Crippen molar-refractivity contribution in [3.8, 4) is 22.4 Å². The maximum absolute atomic E-state index is 11.1. The van der Waals surface area contributed by atoms with E-state index >= 15 is 0 Å². The van der Waals surface area contributed by atoms with Crippen molar-refractivity contribution in [1.29, 1.82) is 5.26 Å². The van der Waals surface area contributed by atoms with Gasteiger partial charge in [-0.25, -0.2) is 9.78 Å². The highest BCUT2D eigenvalue weighted by atomic mass is 32.1. The van der Waals surface area contributed by atoms with Gasteiger partial charge in [0.25, 0.3) is 0 Å². The van der Waals surface area contributed by atoms with Crippen LogP contribution in [0, 0.1) is 24.2 Å². The van der Waals surface area contributed by atoms with Gasteiger partial charge in [-0.15, -0.1) is 11.3 Å². The van der Waals surface area contributed by atoms with Crippen molar-refractivity contribution >= 4 is 17.3 Å². The highest BCUT2D eigenvalue weighted by molar-refractivity contribution is 7.17. The lowest BCUT2D eigenvalue weighted by Crippen LogP contribution is -2.00. The van der Waals surface area contributed by atoms with E-state index in [2.05, 4.69) is 11.1 Å². The van der Waals surface area contributed by atoms with Crippen LogP contribution in [0.2, 0.25) is 0 Å². The number of hydrogen-bond donors (Lipinski definition) is 1. The van der Waals surface area contributed by atoms with Crippen LogP contribution < -0.4 is 4.74 Å². The molecule has 0 atom stereocenters. The van der Waals surface area contributed by atoms with Crippen LogP contribution in [0.25, 0.3) is 10.6 Å². The summed E-state index contributed by atoms with van der Waals surface area (Å²) in [5, 5.41) is 19.0. The van der Waals surface area contributed by atoms with Gasteiger partial charge in [-0.05, 0) is 43.9 Å². The van der Waals surface area contributed by atoms with Gasteiger partial charge in [-0.1, -0.05) is 0 Å². The summed E-state index contributed by atoms with van der Waals surface area (Å²) in [4.78, 5) is 15.6. The maximum atomic E-state index is 11.1. The molecule has 1 aliphatic carbocycles. The number of carbonyl (C=O) groups is 1. The molecule has 0 spiro atoms. The number of nitrogens with zero attached hydrogens (tertiary/aromatic N) is 2. The fraction of sp³-hybridized carbons (Fsp3) is 0.312. The van der Waals surface area contributed by atoms with Crippen molar-refractivity contribution in [3.05, 3.63) is 34.3 Å². The van der Waals surface area contributed by atoms with Crippen LogP contribution in [0.3, 0.4) is 0 Å². The Morgan fingerprint density at radius 2 is 2.32 bits per heavy atom. The van der Waals surface area contributed by atoms with Gasteiger partial charge in [0.2, 0.25) is 0 Å². The lowest BCUT2D eigenvalue weighted by atomic mass is 10.1. The molecule has 1 aromatic carbocycles. The molecule has 22 heavy (non-hydrogen) atoms. The van der Waals surface area contributed by atoms with Crippen LogP contribution in [0.4, 0.5) is 0 Å². The molecule has 1 N–H and O–H groups in total. The predicted octanol–water partition coefficient (Wildman–Crippen LogP) is 3.48. The SMILES string of the molecule is Cc1nc(-c2ccc(OCC3CC3)c(C#N)c2)sc1C(=O)O. The fourth-order valence-corrected chi connectivity index (χ4v) is 2.99. The first-order chi connectivity index (χ1) is 10.6. The molecule has 0 unspecified atom stereocenters. The number of carboxylic acids is 1. The smallest absolute Gasteiger partial charge is 0.347 e. The second-order valence-electron chi connectivity index (χ2n) is 5.32. The average molecular weight is 314 g/mol. The summed E-state index contributed by atoms with van der Waals surface area (Å²) in [6.45, 7) is 2.31. The highest BCUT2D eigenvalue weighted by Crippen LogP contribution is 2.33. The van der Waals surface area contributed by atoms with Gasteiger partial charge in [0.05, 0.1) is 17.9 Å². The Hall–Kier alpha value is -2.39. The van der Waals surface area contributed by atoms with Crippen LogP contribution in [0.5, 0.6) is 5.75 Å². The van der Waals surface area contributed by atoms with Gasteiger partial charge in [0.1, 0.15) is 21.7 Å². The van der Waals surface area contributed by atoms with Gasteiger partial charge in [-0.3, -0.25) is 0 Å². The Balaban J connectivity index is 1.89. The fourth-order valence-electron chi connectivity index (χ4n) is 2.09. The third kappa shape index (κ3) is 2.95. The number of nitriles is 1. The number of rotatable bonds is 5. The third-order valence-electron chi connectivity index (χ3n) is 3.51. The van der Waals surface area contributed by atoms with E-state index in [1.54, 1.807) is 19.1 Å². The minimum atomic E-state index is -0.980. The first kappa shape index (κ1) is 14.5. The number of aryl methyl sites for hydroxylation is 1. The third-order valence-corrected chi connectivity index (χ3v) is 4.70. The van der Waals surface area contributed by atoms with Crippen molar-refractivity contribution < 1.29 is 14.6 Å². The molecule has 0 bridgehead atoms. The van der Waals surface area contributed by atoms with E-state index in [1.165, 1.54) is 12.8 Å². The summed E-state index contributed by atoms with van der Waals surface area (Å²) in [6.07, 6.45) is 2.38. The molecule has 3 rings (SSSR count). The summed E-state index contributed by atoms with van der Waals surface area (Å²) in [5.74, 6) is 0.210. The standard InChI is InChI=1S/C16H14N2O3S/c1-9-14(16(19)20)22-15(18-9)11-4-5-13(12(6-11)7-17)21-8-10-2-3-10/h4-6,10H,2-3,8H2,1H3,(H,19,20). The largest absolute Gasteiger partial charge is 0.492 e. The Morgan fingerprint density at radius 3 is 2.91 bits per heavy atom. The van der Waals surface area contributed by atoms with Gasteiger partial charge < -0.3 is 9.84 Å². The van der Waals surface area contributed by atoms with Crippen molar-refractivity contribution in [2.24, 2.45) is 5.92 Å². The summed E-state index contributed by atoms with van der Waals surface area (Å²) < 4.78 is 5.68. The van der Waals surface area contributed by atoms with Crippen LogP contribution >= 0.6 is 11.3 Å². The molecule has 1 saturated carbocycles. The number of benzene rings is 1. The monoisotopic (exact) mass is 314 g/mol. The summed E-state index contributed by atoms with van der Waals surface area (Å²) in [7, 11) is 0. The van der Waals surface area contributed by atoms with Crippen molar-refractivity contribution in [3.63, 3.8) is 0 Å². The van der Waals surface area contributed by atoms with E-state index in [4.69, 9.17) is 9.84 Å². The first-order valence-electron chi connectivity index (χ1n) is 6.96. The van der Waals surface area contributed by atoms with Crippen LogP contribution in [-0.2, 0) is 0 Å². The average Bonchev–Trinajstić information content (AvgIpc) is 3.25. The Labute approximate surface area is 131 Å². The molecule has 5 nitrogen and oxygen atoms in total. The zero-order chi connectivity index (χ0) is 15.7. The van der Waals surface area contributed by atoms with Crippen LogP contribution in [0.1, 0.15) is 33.8 Å². The number of aromatic nitrogens is 1. The highest BCUT2D eigenvalue weighted by Gasteiger charge is 2.22. The molecule has 112 valence electrons. The van der Waals surface area contributed by atoms with Gasteiger partial charge in [0.15, 0.2) is 0 Å². The Bertz CT molecular complexity index is 772. The molecule has 1 fully saturated rings. The molecule has 1 aromatic heterocycles.